The first-order valence-electron chi connectivity index (χ1n) is 8.50. The highest BCUT2D eigenvalue weighted by Gasteiger charge is 2.14. The van der Waals surface area contributed by atoms with Crippen LogP contribution in [0.15, 0.2) is 4.99 Å². The van der Waals surface area contributed by atoms with Crippen LogP contribution >= 0.6 is 24.0 Å². The fourth-order valence-electron chi connectivity index (χ4n) is 2.48. The van der Waals surface area contributed by atoms with Gasteiger partial charge in [0.05, 0.1) is 6.10 Å². The van der Waals surface area contributed by atoms with E-state index in [4.69, 9.17) is 4.74 Å². The highest BCUT2D eigenvalue weighted by Crippen LogP contribution is 2.20. The zero-order valence-corrected chi connectivity index (χ0v) is 16.2. The Kier molecular flexibility index (Phi) is 14.9. The summed E-state index contributed by atoms with van der Waals surface area (Å²) in [6, 6.07) is 0. The van der Waals surface area contributed by atoms with Crippen LogP contribution < -0.4 is 10.6 Å². The summed E-state index contributed by atoms with van der Waals surface area (Å²) >= 11 is 0. The lowest BCUT2D eigenvalue weighted by molar-refractivity contribution is 0.0579. The van der Waals surface area contributed by atoms with Crippen LogP contribution in [-0.4, -0.2) is 38.3 Å². The fraction of sp³-hybridized carbons (Fsp3) is 0.938. The number of halogens is 1. The quantitative estimate of drug-likeness (QED) is 0.249. The smallest absolute Gasteiger partial charge is 0.191 e. The Balaban J connectivity index is 0.00000400. The highest BCUT2D eigenvalue weighted by atomic mass is 127. The van der Waals surface area contributed by atoms with E-state index >= 15 is 0 Å². The van der Waals surface area contributed by atoms with Gasteiger partial charge in [-0.1, -0.05) is 32.6 Å². The molecule has 0 unspecified atom stereocenters. The van der Waals surface area contributed by atoms with Crippen molar-refractivity contribution in [2.45, 2.75) is 71.3 Å². The van der Waals surface area contributed by atoms with Gasteiger partial charge in [0, 0.05) is 26.2 Å². The van der Waals surface area contributed by atoms with Gasteiger partial charge < -0.3 is 15.4 Å². The second-order valence-corrected chi connectivity index (χ2v) is 5.53. The van der Waals surface area contributed by atoms with Crippen LogP contribution in [0.25, 0.3) is 0 Å². The molecule has 0 atom stereocenters. The maximum Gasteiger partial charge on any atom is 0.191 e. The van der Waals surface area contributed by atoms with Crippen molar-refractivity contribution in [2.75, 3.05) is 26.2 Å². The Labute approximate surface area is 147 Å². The number of nitrogens with one attached hydrogen (secondary N) is 2. The molecule has 0 spiro atoms. The number of aliphatic imine (C=N–C) groups is 1. The average molecular weight is 411 g/mol. The molecule has 4 nitrogen and oxygen atoms in total. The summed E-state index contributed by atoms with van der Waals surface area (Å²) in [6.07, 6.45) is 10.5. The van der Waals surface area contributed by atoms with Crippen molar-refractivity contribution >= 4 is 29.9 Å². The standard InChI is InChI=1S/C16H33N3O.HI/c1-3-5-8-12-18-16(17-4-2)19-13-9-14-20-15-10-6-7-11-15;/h15H,3-14H2,1-2H3,(H2,17,18,19);1H. The molecule has 0 saturated heterocycles. The number of guanidine groups is 1. The van der Waals surface area contributed by atoms with E-state index < -0.39 is 0 Å². The molecule has 0 heterocycles. The Bertz CT molecular complexity index is 256. The molecule has 1 aliphatic rings. The van der Waals surface area contributed by atoms with E-state index in [1.165, 1.54) is 44.9 Å². The van der Waals surface area contributed by atoms with Gasteiger partial charge in [-0.2, -0.15) is 0 Å². The number of unbranched alkanes of at least 4 members (excludes halogenated alkanes) is 2. The lowest BCUT2D eigenvalue weighted by atomic mass is 10.2. The maximum atomic E-state index is 5.85. The molecular weight excluding hydrogens is 377 g/mol. The monoisotopic (exact) mass is 411 g/mol. The van der Waals surface area contributed by atoms with Crippen LogP contribution in [0.1, 0.15) is 65.2 Å². The van der Waals surface area contributed by atoms with Crippen LogP contribution in [-0.2, 0) is 4.74 Å². The van der Waals surface area contributed by atoms with E-state index in [2.05, 4.69) is 29.5 Å². The molecule has 1 aliphatic carbocycles. The Hall–Kier alpha value is -0.0400. The molecule has 1 rings (SSSR count). The summed E-state index contributed by atoms with van der Waals surface area (Å²) in [5.41, 5.74) is 0. The van der Waals surface area contributed by atoms with Crippen LogP contribution in [0.4, 0.5) is 0 Å². The third-order valence-corrected chi connectivity index (χ3v) is 3.65. The molecule has 126 valence electrons. The Morgan fingerprint density at radius 1 is 1.10 bits per heavy atom. The molecular formula is C16H34IN3O. The highest BCUT2D eigenvalue weighted by molar-refractivity contribution is 14.0. The third kappa shape index (κ3) is 11.2. The predicted molar refractivity (Wildman–Crippen MR) is 102 cm³/mol. The van der Waals surface area contributed by atoms with E-state index in [1.807, 2.05) is 0 Å². The summed E-state index contributed by atoms with van der Waals surface area (Å²) < 4.78 is 5.85. The van der Waals surface area contributed by atoms with E-state index in [9.17, 15) is 0 Å². The summed E-state index contributed by atoms with van der Waals surface area (Å²) in [5.74, 6) is 0.949. The molecule has 5 heteroatoms. The van der Waals surface area contributed by atoms with Crippen molar-refractivity contribution in [3.8, 4) is 0 Å². The van der Waals surface area contributed by atoms with Gasteiger partial charge in [0.15, 0.2) is 5.96 Å². The summed E-state index contributed by atoms with van der Waals surface area (Å²) in [5, 5.41) is 6.68. The minimum Gasteiger partial charge on any atom is -0.378 e. The first-order valence-corrected chi connectivity index (χ1v) is 8.50. The Morgan fingerprint density at radius 2 is 1.86 bits per heavy atom. The maximum absolute atomic E-state index is 5.85. The van der Waals surface area contributed by atoms with Crippen LogP contribution in [0.5, 0.6) is 0 Å². The van der Waals surface area contributed by atoms with Gasteiger partial charge in [-0.05, 0) is 32.6 Å². The van der Waals surface area contributed by atoms with Crippen molar-refractivity contribution in [3.63, 3.8) is 0 Å². The largest absolute Gasteiger partial charge is 0.378 e. The molecule has 0 aromatic carbocycles. The van der Waals surface area contributed by atoms with Crippen LogP contribution in [0.2, 0.25) is 0 Å². The molecule has 1 fully saturated rings. The molecule has 0 radical (unpaired) electrons. The van der Waals surface area contributed by atoms with Crippen molar-refractivity contribution in [3.05, 3.63) is 0 Å². The third-order valence-electron chi connectivity index (χ3n) is 3.65. The molecule has 21 heavy (non-hydrogen) atoms. The average Bonchev–Trinajstić information content (AvgIpc) is 2.96. The molecule has 0 aromatic rings. The summed E-state index contributed by atoms with van der Waals surface area (Å²) in [4.78, 5) is 4.59. The topological polar surface area (TPSA) is 45.7 Å². The Morgan fingerprint density at radius 3 is 2.52 bits per heavy atom. The van der Waals surface area contributed by atoms with Gasteiger partial charge >= 0.3 is 0 Å². The van der Waals surface area contributed by atoms with Crippen molar-refractivity contribution in [1.29, 1.82) is 0 Å². The van der Waals surface area contributed by atoms with Crippen molar-refractivity contribution in [2.24, 2.45) is 4.99 Å². The molecule has 0 bridgehead atoms. The van der Waals surface area contributed by atoms with Gasteiger partial charge in [0.1, 0.15) is 0 Å². The van der Waals surface area contributed by atoms with Gasteiger partial charge in [-0.25, -0.2) is 0 Å². The van der Waals surface area contributed by atoms with Crippen molar-refractivity contribution in [1.82, 2.24) is 10.6 Å². The van der Waals surface area contributed by atoms with Crippen LogP contribution in [0, 0.1) is 0 Å². The minimum absolute atomic E-state index is 0. The summed E-state index contributed by atoms with van der Waals surface area (Å²) in [6.45, 7) is 7.95. The number of ether oxygens (including phenoxy) is 1. The number of rotatable bonds is 10. The number of nitrogens with zero attached hydrogens (tertiary/aromatic N) is 1. The van der Waals surface area contributed by atoms with Crippen LogP contribution in [0.3, 0.4) is 0 Å². The number of hydrogen-bond donors (Lipinski definition) is 2. The number of hydrogen-bond acceptors (Lipinski definition) is 2. The van der Waals surface area contributed by atoms with Crippen molar-refractivity contribution < 1.29 is 4.74 Å². The van der Waals surface area contributed by atoms with Gasteiger partial charge in [-0.3, -0.25) is 4.99 Å². The first kappa shape index (κ1) is 21.0. The zero-order chi connectivity index (χ0) is 14.5. The summed E-state index contributed by atoms with van der Waals surface area (Å²) in [7, 11) is 0. The van der Waals surface area contributed by atoms with E-state index in [1.54, 1.807) is 0 Å². The van der Waals surface area contributed by atoms with E-state index in [-0.39, 0.29) is 24.0 Å². The first-order chi connectivity index (χ1) is 9.86. The second-order valence-electron chi connectivity index (χ2n) is 5.53. The lowest BCUT2D eigenvalue weighted by Crippen LogP contribution is -2.37. The van der Waals surface area contributed by atoms with Gasteiger partial charge in [0.2, 0.25) is 0 Å². The fourth-order valence-corrected chi connectivity index (χ4v) is 2.48. The zero-order valence-electron chi connectivity index (χ0n) is 13.8. The van der Waals surface area contributed by atoms with Gasteiger partial charge in [-0.15, -0.1) is 24.0 Å². The molecule has 2 N–H and O–H groups in total. The molecule has 0 aromatic heterocycles. The molecule has 0 amide bonds. The normalized spacial score (nSPS) is 15.8. The van der Waals surface area contributed by atoms with Gasteiger partial charge in [0.25, 0.3) is 0 Å². The lowest BCUT2D eigenvalue weighted by Gasteiger charge is -2.12. The molecule has 0 aliphatic heterocycles. The predicted octanol–water partition coefficient (Wildman–Crippen LogP) is 3.70. The van der Waals surface area contributed by atoms with E-state index in [0.717, 1.165) is 38.6 Å². The molecule has 1 saturated carbocycles. The SMILES string of the molecule is CCCCCNC(=NCCCOC1CCCC1)NCC.I. The second kappa shape index (κ2) is 14.9. The minimum atomic E-state index is 0. The van der Waals surface area contributed by atoms with E-state index in [0.29, 0.717) is 6.10 Å².